The van der Waals surface area contributed by atoms with Gasteiger partial charge in [-0.1, -0.05) is 6.08 Å². The first-order valence-electron chi connectivity index (χ1n) is 3.90. The van der Waals surface area contributed by atoms with Gasteiger partial charge >= 0.3 is 0 Å². The predicted octanol–water partition coefficient (Wildman–Crippen LogP) is 2.03. The minimum Gasteiger partial charge on any atom is -0.105 e. The highest BCUT2D eigenvalue weighted by Crippen LogP contribution is 2.32. The molecule has 1 saturated heterocycles. The lowest BCUT2D eigenvalue weighted by Crippen LogP contribution is -2.30. The Hall–Kier alpha value is 0.440. The summed E-state index contributed by atoms with van der Waals surface area (Å²) < 4.78 is 1.01. The summed E-state index contributed by atoms with van der Waals surface area (Å²) in [6.07, 6.45) is 7.57. The minimum absolute atomic E-state index is 0.774. The van der Waals surface area contributed by atoms with E-state index < -0.39 is 0 Å². The molecule has 0 bridgehead atoms. The van der Waals surface area contributed by atoms with Crippen molar-refractivity contribution in [1.29, 1.82) is 0 Å². The Kier molecular flexibility index (Phi) is 2.29. The number of thioether (sulfide) groups is 1. The standard InChI is InChI=1S/C8H13S2/c1-2-6-10-7-3-5-9-8(10)4-1/h1-2,8H,3-7H2/q+1. The van der Waals surface area contributed by atoms with Crippen LogP contribution in [0.15, 0.2) is 12.2 Å². The average molecular weight is 173 g/mol. The van der Waals surface area contributed by atoms with Crippen LogP contribution in [0, 0.1) is 0 Å². The van der Waals surface area contributed by atoms with Crippen LogP contribution in [0.5, 0.6) is 0 Å². The largest absolute Gasteiger partial charge is 0.167 e. The molecule has 2 heteroatoms. The van der Waals surface area contributed by atoms with Crippen molar-refractivity contribution in [1.82, 2.24) is 0 Å². The predicted molar refractivity (Wildman–Crippen MR) is 51.7 cm³/mol. The molecule has 0 amide bonds. The zero-order valence-corrected chi connectivity index (χ0v) is 7.72. The number of hydrogen-bond acceptors (Lipinski definition) is 1. The summed E-state index contributed by atoms with van der Waals surface area (Å²) in [5.41, 5.74) is 0. The van der Waals surface area contributed by atoms with E-state index in [2.05, 4.69) is 23.9 Å². The third-order valence-electron chi connectivity index (χ3n) is 2.03. The summed E-state index contributed by atoms with van der Waals surface area (Å²) in [5.74, 6) is 4.32. The first-order chi connectivity index (χ1) is 4.97. The molecule has 10 heavy (non-hydrogen) atoms. The quantitative estimate of drug-likeness (QED) is 0.399. The molecule has 0 aliphatic carbocycles. The van der Waals surface area contributed by atoms with Gasteiger partial charge in [-0.25, -0.2) is 0 Å². The topological polar surface area (TPSA) is 0 Å². The van der Waals surface area contributed by atoms with E-state index in [1.54, 1.807) is 0 Å². The fourth-order valence-electron chi connectivity index (χ4n) is 1.48. The molecule has 2 atom stereocenters. The molecule has 56 valence electrons. The maximum atomic E-state index is 2.38. The first kappa shape index (κ1) is 7.11. The molecule has 0 N–H and O–H groups in total. The highest BCUT2D eigenvalue weighted by atomic mass is 32.2. The second-order valence-electron chi connectivity index (χ2n) is 2.77. The fourth-order valence-corrected chi connectivity index (χ4v) is 5.99. The SMILES string of the molecule is C1=CC[S+]2CCCSC2C1. The zero-order valence-electron chi connectivity index (χ0n) is 6.08. The number of allylic oxidation sites excluding steroid dienone is 1. The lowest BCUT2D eigenvalue weighted by Gasteiger charge is -2.23. The van der Waals surface area contributed by atoms with Crippen molar-refractivity contribution < 1.29 is 0 Å². The molecule has 0 nitrogen and oxygen atoms in total. The molecule has 2 aliphatic rings. The highest BCUT2D eigenvalue weighted by Gasteiger charge is 2.33. The average Bonchev–Trinajstić information content (AvgIpc) is 2.05. The Labute approximate surface area is 69.8 Å². The molecule has 2 heterocycles. The van der Waals surface area contributed by atoms with Gasteiger partial charge in [-0.3, -0.25) is 0 Å². The van der Waals surface area contributed by atoms with E-state index in [4.69, 9.17) is 0 Å². The second kappa shape index (κ2) is 3.22. The third-order valence-corrected chi connectivity index (χ3v) is 6.71. The van der Waals surface area contributed by atoms with Gasteiger partial charge in [-0.2, -0.15) is 0 Å². The lowest BCUT2D eigenvalue weighted by molar-refractivity contribution is 1.04. The molecule has 2 aliphatic heterocycles. The van der Waals surface area contributed by atoms with Gasteiger partial charge in [-0.15, -0.1) is 11.8 Å². The molecular weight excluding hydrogens is 160 g/mol. The van der Waals surface area contributed by atoms with E-state index in [0.717, 1.165) is 15.5 Å². The molecule has 0 saturated carbocycles. The van der Waals surface area contributed by atoms with E-state index in [9.17, 15) is 0 Å². The van der Waals surface area contributed by atoms with Crippen LogP contribution in [0.2, 0.25) is 0 Å². The second-order valence-corrected chi connectivity index (χ2v) is 6.76. The van der Waals surface area contributed by atoms with Crippen molar-refractivity contribution in [3.63, 3.8) is 0 Å². The van der Waals surface area contributed by atoms with Crippen LogP contribution >= 0.6 is 11.8 Å². The van der Waals surface area contributed by atoms with Crippen molar-refractivity contribution in [2.45, 2.75) is 17.4 Å². The maximum Gasteiger partial charge on any atom is 0.167 e. The van der Waals surface area contributed by atoms with Gasteiger partial charge < -0.3 is 0 Å². The lowest BCUT2D eigenvalue weighted by atomic mass is 10.4. The van der Waals surface area contributed by atoms with E-state index in [1.165, 1.54) is 30.1 Å². The van der Waals surface area contributed by atoms with Gasteiger partial charge in [0.2, 0.25) is 0 Å². The fraction of sp³-hybridized carbons (Fsp3) is 0.750. The monoisotopic (exact) mass is 173 g/mol. The Morgan fingerprint density at radius 2 is 2.40 bits per heavy atom. The van der Waals surface area contributed by atoms with Crippen LogP contribution in [-0.2, 0) is 10.9 Å². The van der Waals surface area contributed by atoms with E-state index >= 15 is 0 Å². The summed E-state index contributed by atoms with van der Waals surface area (Å²) in [7, 11) is 0.774. The highest BCUT2D eigenvalue weighted by molar-refractivity contribution is 8.16. The van der Waals surface area contributed by atoms with Crippen LogP contribution in [-0.4, -0.2) is 21.8 Å². The summed E-state index contributed by atoms with van der Waals surface area (Å²) >= 11 is 2.21. The Bertz CT molecular complexity index is 126. The summed E-state index contributed by atoms with van der Waals surface area (Å²) in [6.45, 7) is 0. The Balaban J connectivity index is 2.01. The molecule has 0 aromatic carbocycles. The van der Waals surface area contributed by atoms with Crippen LogP contribution in [0.1, 0.15) is 12.8 Å². The normalized spacial score (nSPS) is 39.2. The van der Waals surface area contributed by atoms with Crippen LogP contribution in [0.4, 0.5) is 0 Å². The van der Waals surface area contributed by atoms with Gasteiger partial charge in [0.25, 0.3) is 0 Å². The smallest absolute Gasteiger partial charge is 0.105 e. The van der Waals surface area contributed by atoms with Crippen LogP contribution in [0.25, 0.3) is 0 Å². The Morgan fingerprint density at radius 1 is 1.40 bits per heavy atom. The molecule has 1 fully saturated rings. The minimum atomic E-state index is 0.774. The molecule has 2 rings (SSSR count). The van der Waals surface area contributed by atoms with E-state index in [-0.39, 0.29) is 0 Å². The molecule has 0 radical (unpaired) electrons. The van der Waals surface area contributed by atoms with Crippen molar-refractivity contribution in [3.05, 3.63) is 12.2 Å². The van der Waals surface area contributed by atoms with E-state index in [0.29, 0.717) is 0 Å². The summed E-state index contributed by atoms with van der Waals surface area (Å²) in [4.78, 5) is 0. The van der Waals surface area contributed by atoms with Gasteiger partial charge in [0.15, 0.2) is 4.58 Å². The number of rotatable bonds is 0. The van der Waals surface area contributed by atoms with Crippen molar-refractivity contribution in [2.24, 2.45) is 0 Å². The molecule has 0 aromatic heterocycles. The third kappa shape index (κ3) is 1.37. The van der Waals surface area contributed by atoms with E-state index in [1.807, 2.05) is 0 Å². The molecule has 0 aromatic rings. The van der Waals surface area contributed by atoms with Crippen LogP contribution in [0.3, 0.4) is 0 Å². The van der Waals surface area contributed by atoms with Crippen molar-refractivity contribution >= 4 is 22.7 Å². The van der Waals surface area contributed by atoms with Gasteiger partial charge in [0, 0.05) is 29.5 Å². The maximum absolute atomic E-state index is 2.38. The zero-order chi connectivity index (χ0) is 6.81. The van der Waals surface area contributed by atoms with Crippen LogP contribution < -0.4 is 0 Å². The summed E-state index contributed by atoms with van der Waals surface area (Å²) in [6, 6.07) is 0. The number of hydrogen-bond donors (Lipinski definition) is 0. The molecule has 2 unspecified atom stereocenters. The van der Waals surface area contributed by atoms with Crippen molar-refractivity contribution in [3.8, 4) is 0 Å². The summed E-state index contributed by atoms with van der Waals surface area (Å²) in [5, 5.41) is 0. The Morgan fingerprint density at radius 3 is 3.30 bits per heavy atom. The number of fused-ring (bicyclic) bond motifs is 1. The molecule has 0 spiro atoms. The van der Waals surface area contributed by atoms with Gasteiger partial charge in [-0.05, 0) is 6.08 Å². The molecular formula is C8H13S2+. The van der Waals surface area contributed by atoms with Gasteiger partial charge in [0.05, 0.1) is 0 Å². The van der Waals surface area contributed by atoms with Crippen molar-refractivity contribution in [2.75, 3.05) is 17.3 Å². The van der Waals surface area contributed by atoms with Gasteiger partial charge in [0.1, 0.15) is 11.5 Å². The first-order valence-corrected chi connectivity index (χ1v) is 6.57.